The van der Waals surface area contributed by atoms with Gasteiger partial charge in [-0.25, -0.2) is 4.79 Å². The Labute approximate surface area is 214 Å². The molecule has 2 aliphatic rings. The van der Waals surface area contributed by atoms with Crippen LogP contribution < -0.4 is 10.2 Å². The second-order valence-electron chi connectivity index (χ2n) is 9.08. The van der Waals surface area contributed by atoms with Crippen molar-refractivity contribution in [1.29, 1.82) is 0 Å². The minimum absolute atomic E-state index is 0.0884. The zero-order valence-corrected chi connectivity index (χ0v) is 20.5. The van der Waals surface area contributed by atoms with E-state index >= 15 is 0 Å². The lowest BCUT2D eigenvalue weighted by Crippen LogP contribution is -2.48. The molecule has 0 saturated carbocycles. The van der Waals surface area contributed by atoms with Gasteiger partial charge in [-0.2, -0.15) is 0 Å². The van der Waals surface area contributed by atoms with E-state index in [9.17, 15) is 19.2 Å². The third kappa shape index (κ3) is 4.58. The Morgan fingerprint density at radius 1 is 0.838 bits per heavy atom. The number of rotatable bonds is 8. The lowest BCUT2D eigenvalue weighted by atomic mass is 10.0. The van der Waals surface area contributed by atoms with Gasteiger partial charge in [0.15, 0.2) is 0 Å². The third-order valence-corrected chi connectivity index (χ3v) is 6.78. The molecule has 37 heavy (non-hydrogen) atoms. The number of anilines is 2. The molecule has 0 spiro atoms. The number of carbonyl (C=O) groups is 4. The third-order valence-electron chi connectivity index (χ3n) is 6.78. The van der Waals surface area contributed by atoms with Crippen LogP contribution in [0.3, 0.4) is 0 Å². The molecule has 1 atom stereocenters. The SMILES string of the molecule is COC(=O)c1ccc(NC(=O)CCCCCN2C(=O)c3ccccc3N3C(=O)c4ccccc4[C@H]23)cc1. The standard InChI is InChI=1S/C29H27N3O5/c1-37-29(36)19-14-16-20(17-15-19)30-25(33)13-3-2-8-18-31-26-21-9-4-5-10-22(21)28(35)32(26)24-12-7-6-11-23(24)27(31)34/h4-7,9-12,14-17,26H,2-3,8,13,18H2,1H3,(H,30,33)/t26-/m1/s1. The van der Waals surface area contributed by atoms with Crippen LogP contribution in [0.2, 0.25) is 0 Å². The van der Waals surface area contributed by atoms with Crippen molar-refractivity contribution in [2.45, 2.75) is 31.8 Å². The van der Waals surface area contributed by atoms with Gasteiger partial charge in [0.05, 0.1) is 23.9 Å². The van der Waals surface area contributed by atoms with Crippen molar-refractivity contribution < 1.29 is 23.9 Å². The summed E-state index contributed by atoms with van der Waals surface area (Å²) >= 11 is 0. The van der Waals surface area contributed by atoms with E-state index in [4.69, 9.17) is 0 Å². The largest absolute Gasteiger partial charge is 0.465 e. The maximum Gasteiger partial charge on any atom is 0.337 e. The summed E-state index contributed by atoms with van der Waals surface area (Å²) in [5.41, 5.74) is 3.66. The molecule has 3 aromatic rings. The molecule has 0 aliphatic carbocycles. The average Bonchev–Trinajstić information content (AvgIpc) is 3.22. The highest BCUT2D eigenvalue weighted by atomic mass is 16.5. The van der Waals surface area contributed by atoms with Gasteiger partial charge >= 0.3 is 5.97 Å². The number of benzene rings is 3. The minimum Gasteiger partial charge on any atom is -0.465 e. The number of hydrogen-bond acceptors (Lipinski definition) is 5. The van der Waals surface area contributed by atoms with E-state index in [-0.39, 0.29) is 17.7 Å². The van der Waals surface area contributed by atoms with Gasteiger partial charge in [0.25, 0.3) is 11.8 Å². The Morgan fingerprint density at radius 2 is 1.54 bits per heavy atom. The zero-order valence-electron chi connectivity index (χ0n) is 20.5. The molecule has 2 aliphatic heterocycles. The summed E-state index contributed by atoms with van der Waals surface area (Å²) in [6.45, 7) is 0.479. The molecule has 0 unspecified atom stereocenters. The number of ether oxygens (including phenoxy) is 1. The number of nitrogens with zero attached hydrogens (tertiary/aromatic N) is 2. The molecule has 8 heteroatoms. The van der Waals surface area contributed by atoms with E-state index in [1.165, 1.54) is 7.11 Å². The molecule has 1 N–H and O–H groups in total. The summed E-state index contributed by atoms with van der Waals surface area (Å²) in [6, 6.07) is 21.2. The number of hydrogen-bond donors (Lipinski definition) is 1. The molecule has 0 fully saturated rings. The van der Waals surface area contributed by atoms with Crippen LogP contribution in [0.25, 0.3) is 0 Å². The monoisotopic (exact) mass is 497 g/mol. The first kappa shape index (κ1) is 24.2. The van der Waals surface area contributed by atoms with Crippen LogP contribution in [0.4, 0.5) is 11.4 Å². The Hall–Kier alpha value is -4.46. The van der Waals surface area contributed by atoms with Gasteiger partial charge < -0.3 is 15.0 Å². The lowest BCUT2D eigenvalue weighted by Gasteiger charge is -2.41. The smallest absolute Gasteiger partial charge is 0.337 e. The summed E-state index contributed by atoms with van der Waals surface area (Å²) in [5.74, 6) is -0.728. The predicted octanol–water partition coefficient (Wildman–Crippen LogP) is 4.79. The van der Waals surface area contributed by atoms with E-state index < -0.39 is 12.1 Å². The van der Waals surface area contributed by atoms with Gasteiger partial charge in [0.1, 0.15) is 6.17 Å². The molecule has 0 radical (unpaired) electrons. The molecule has 8 nitrogen and oxygen atoms in total. The van der Waals surface area contributed by atoms with Crippen molar-refractivity contribution in [3.05, 3.63) is 95.1 Å². The quantitative estimate of drug-likeness (QED) is 0.357. The van der Waals surface area contributed by atoms with E-state index in [1.807, 2.05) is 42.5 Å². The van der Waals surface area contributed by atoms with Crippen molar-refractivity contribution >= 4 is 35.1 Å². The van der Waals surface area contributed by atoms with Crippen LogP contribution in [0.1, 0.15) is 68.5 Å². The van der Waals surface area contributed by atoms with E-state index in [0.717, 1.165) is 12.0 Å². The lowest BCUT2D eigenvalue weighted by molar-refractivity contribution is -0.116. The minimum atomic E-state index is -0.456. The van der Waals surface area contributed by atoms with Crippen molar-refractivity contribution in [3.63, 3.8) is 0 Å². The van der Waals surface area contributed by atoms with Crippen LogP contribution in [0.15, 0.2) is 72.8 Å². The molecule has 0 aromatic heterocycles. The second kappa shape index (κ2) is 10.3. The average molecular weight is 498 g/mol. The fourth-order valence-electron chi connectivity index (χ4n) is 4.97. The van der Waals surface area contributed by atoms with Gasteiger partial charge in [-0.05, 0) is 55.3 Å². The van der Waals surface area contributed by atoms with Crippen molar-refractivity contribution in [1.82, 2.24) is 4.90 Å². The number of methoxy groups -OCH3 is 1. The maximum absolute atomic E-state index is 13.4. The Balaban J connectivity index is 1.19. The van der Waals surface area contributed by atoms with E-state index in [0.29, 0.717) is 53.9 Å². The summed E-state index contributed by atoms with van der Waals surface area (Å²) in [6.07, 6.45) is 2.00. The van der Waals surface area contributed by atoms with Gasteiger partial charge in [0, 0.05) is 29.8 Å². The number of esters is 1. The zero-order chi connectivity index (χ0) is 25.9. The molecule has 3 aromatic carbocycles. The topological polar surface area (TPSA) is 96.0 Å². The summed E-state index contributed by atoms with van der Waals surface area (Å²) in [5, 5.41) is 2.83. The van der Waals surface area contributed by atoms with Gasteiger partial charge in [-0.1, -0.05) is 36.8 Å². The molecule has 3 amide bonds. The fourth-order valence-corrected chi connectivity index (χ4v) is 4.97. The molecule has 5 rings (SSSR count). The number of carbonyl (C=O) groups excluding carboxylic acids is 4. The number of para-hydroxylation sites is 1. The van der Waals surface area contributed by atoms with Gasteiger partial charge in [-0.3, -0.25) is 19.3 Å². The van der Waals surface area contributed by atoms with Crippen molar-refractivity contribution in [3.8, 4) is 0 Å². The Kier molecular flexibility index (Phi) is 6.72. The first-order valence-electron chi connectivity index (χ1n) is 12.3. The first-order chi connectivity index (χ1) is 18.0. The van der Waals surface area contributed by atoms with Crippen LogP contribution in [-0.2, 0) is 9.53 Å². The van der Waals surface area contributed by atoms with Crippen LogP contribution in [0.5, 0.6) is 0 Å². The molecule has 2 heterocycles. The maximum atomic E-state index is 13.4. The van der Waals surface area contributed by atoms with Crippen molar-refractivity contribution in [2.24, 2.45) is 0 Å². The van der Waals surface area contributed by atoms with Crippen LogP contribution in [0, 0.1) is 0 Å². The number of fused-ring (bicyclic) bond motifs is 5. The second-order valence-corrected chi connectivity index (χ2v) is 9.08. The van der Waals surface area contributed by atoms with Crippen LogP contribution >= 0.6 is 0 Å². The molecule has 0 saturated heterocycles. The summed E-state index contributed by atoms with van der Waals surface area (Å²) < 4.78 is 4.68. The summed E-state index contributed by atoms with van der Waals surface area (Å²) in [4.78, 5) is 54.0. The van der Waals surface area contributed by atoms with Crippen molar-refractivity contribution in [2.75, 3.05) is 23.9 Å². The van der Waals surface area contributed by atoms with E-state index in [1.54, 1.807) is 40.1 Å². The highest BCUT2D eigenvalue weighted by Gasteiger charge is 2.47. The highest BCUT2D eigenvalue weighted by molar-refractivity contribution is 6.16. The molecule has 188 valence electrons. The Morgan fingerprint density at radius 3 is 2.30 bits per heavy atom. The predicted molar refractivity (Wildman–Crippen MR) is 138 cm³/mol. The van der Waals surface area contributed by atoms with E-state index in [2.05, 4.69) is 10.1 Å². The molecular formula is C29H27N3O5. The number of nitrogens with one attached hydrogen (secondary N) is 1. The molecular weight excluding hydrogens is 470 g/mol. The number of unbranched alkanes of at least 4 members (excludes halogenated alkanes) is 2. The summed E-state index contributed by atoms with van der Waals surface area (Å²) in [7, 11) is 1.32. The fraction of sp³-hybridized carbons (Fsp3) is 0.241. The first-order valence-corrected chi connectivity index (χ1v) is 12.3. The molecule has 0 bridgehead atoms. The van der Waals surface area contributed by atoms with Gasteiger partial charge in [0.2, 0.25) is 5.91 Å². The van der Waals surface area contributed by atoms with Gasteiger partial charge in [-0.15, -0.1) is 0 Å². The Bertz CT molecular complexity index is 1370. The van der Waals surface area contributed by atoms with Crippen LogP contribution in [-0.4, -0.2) is 42.2 Å². The normalized spacial score (nSPS) is 15.6. The highest BCUT2D eigenvalue weighted by Crippen LogP contribution is 2.45. The number of amides is 3.